The summed E-state index contributed by atoms with van der Waals surface area (Å²) in [5.41, 5.74) is 0. The molecule has 0 fully saturated rings. The van der Waals surface area contributed by atoms with Crippen LogP contribution in [-0.4, -0.2) is 44.0 Å². The van der Waals surface area contributed by atoms with Gasteiger partial charge in [0.15, 0.2) is 0 Å². The van der Waals surface area contributed by atoms with Crippen LogP contribution in [0.4, 0.5) is 0 Å². The average molecular weight is 219 g/mol. The molecule has 86 valence electrons. The quantitative estimate of drug-likeness (QED) is 0.426. The lowest BCUT2D eigenvalue weighted by atomic mass is 10.2. The van der Waals surface area contributed by atoms with Crippen LogP contribution in [0.1, 0.15) is 20.8 Å². The van der Waals surface area contributed by atoms with E-state index in [1.165, 1.54) is 0 Å². The molecule has 0 aliphatic carbocycles. The van der Waals surface area contributed by atoms with Gasteiger partial charge in [0, 0.05) is 30.9 Å². The Balaban J connectivity index is 3.46. The molecule has 0 aromatic rings. The van der Waals surface area contributed by atoms with Crippen molar-refractivity contribution in [3.63, 3.8) is 0 Å². The Labute approximate surface area is 93.8 Å². The van der Waals surface area contributed by atoms with Crippen LogP contribution in [0.2, 0.25) is 0 Å². The van der Waals surface area contributed by atoms with Crippen molar-refractivity contribution >= 4 is 12.6 Å². The van der Waals surface area contributed by atoms with Crippen molar-refractivity contribution < 1.29 is 0 Å². The molecule has 0 saturated carbocycles. The van der Waals surface area contributed by atoms with Gasteiger partial charge in [-0.25, -0.2) is 0 Å². The number of likely N-dealkylation sites (N-methyl/N-ethyl adjacent to an activating group) is 2. The van der Waals surface area contributed by atoms with Crippen LogP contribution in [0.15, 0.2) is 0 Å². The fourth-order valence-corrected chi connectivity index (χ4v) is 1.52. The summed E-state index contributed by atoms with van der Waals surface area (Å²) in [6.07, 6.45) is 0. The summed E-state index contributed by atoms with van der Waals surface area (Å²) in [5, 5.41) is 10.2. The van der Waals surface area contributed by atoms with Gasteiger partial charge in [0.1, 0.15) is 0 Å². The minimum absolute atomic E-state index is 0.479. The number of nitrogens with one attached hydrogen (secondary N) is 3. The Kier molecular flexibility index (Phi) is 9.93. The van der Waals surface area contributed by atoms with Gasteiger partial charge in [-0.3, -0.25) is 0 Å². The summed E-state index contributed by atoms with van der Waals surface area (Å²) in [6, 6.07) is 1.00. The molecule has 3 N–H and O–H groups in total. The van der Waals surface area contributed by atoms with Crippen molar-refractivity contribution in [2.75, 3.05) is 31.9 Å². The van der Waals surface area contributed by atoms with Gasteiger partial charge in [-0.1, -0.05) is 13.8 Å². The standard InChI is InChI=1S/C10H25N3S/c1-4-11-6-9(3)13-7-10(8-14)12-5-2/h9-14H,4-8H2,1-3H3. The molecule has 0 spiro atoms. The summed E-state index contributed by atoms with van der Waals surface area (Å²) >= 11 is 4.30. The Morgan fingerprint density at radius 1 is 1.07 bits per heavy atom. The summed E-state index contributed by atoms with van der Waals surface area (Å²) in [5.74, 6) is 0.884. The Morgan fingerprint density at radius 2 is 1.79 bits per heavy atom. The van der Waals surface area contributed by atoms with Gasteiger partial charge in [0.25, 0.3) is 0 Å². The lowest BCUT2D eigenvalue weighted by molar-refractivity contribution is 0.457. The molecular formula is C10H25N3S. The van der Waals surface area contributed by atoms with Gasteiger partial charge in [-0.2, -0.15) is 12.6 Å². The highest BCUT2D eigenvalue weighted by Gasteiger charge is 2.06. The lowest BCUT2D eigenvalue weighted by Crippen LogP contribution is -2.45. The third-order valence-corrected chi connectivity index (χ3v) is 2.57. The molecule has 0 heterocycles. The lowest BCUT2D eigenvalue weighted by Gasteiger charge is -2.20. The fraction of sp³-hybridized carbons (Fsp3) is 1.00. The zero-order valence-electron chi connectivity index (χ0n) is 9.64. The molecule has 3 nitrogen and oxygen atoms in total. The Hall–Kier alpha value is 0.230. The SMILES string of the molecule is CCNCC(C)NCC(CS)NCC. The van der Waals surface area contributed by atoms with Crippen molar-refractivity contribution in [3.8, 4) is 0 Å². The molecule has 2 atom stereocenters. The van der Waals surface area contributed by atoms with Crippen LogP contribution in [0.5, 0.6) is 0 Å². The maximum Gasteiger partial charge on any atom is 0.0280 e. The van der Waals surface area contributed by atoms with E-state index >= 15 is 0 Å². The van der Waals surface area contributed by atoms with E-state index in [4.69, 9.17) is 0 Å². The van der Waals surface area contributed by atoms with Crippen LogP contribution in [-0.2, 0) is 0 Å². The fourth-order valence-electron chi connectivity index (χ4n) is 1.27. The van der Waals surface area contributed by atoms with E-state index < -0.39 is 0 Å². The monoisotopic (exact) mass is 219 g/mol. The van der Waals surface area contributed by atoms with E-state index in [0.717, 1.165) is 31.9 Å². The summed E-state index contributed by atoms with van der Waals surface area (Å²) < 4.78 is 0. The van der Waals surface area contributed by atoms with Crippen LogP contribution in [0, 0.1) is 0 Å². The molecule has 0 amide bonds. The maximum atomic E-state index is 4.30. The van der Waals surface area contributed by atoms with E-state index in [1.54, 1.807) is 0 Å². The molecule has 0 aromatic heterocycles. The Morgan fingerprint density at radius 3 is 2.29 bits per heavy atom. The second kappa shape index (κ2) is 9.77. The molecule has 0 saturated heterocycles. The number of rotatable bonds is 9. The predicted octanol–water partition coefficient (Wildman–Crippen LogP) is 0.482. The molecule has 0 bridgehead atoms. The van der Waals surface area contributed by atoms with Gasteiger partial charge >= 0.3 is 0 Å². The minimum Gasteiger partial charge on any atom is -0.315 e. The molecule has 14 heavy (non-hydrogen) atoms. The number of thiol groups is 1. The second-order valence-electron chi connectivity index (χ2n) is 3.55. The normalized spacial score (nSPS) is 15.4. The van der Waals surface area contributed by atoms with Crippen molar-refractivity contribution in [1.29, 1.82) is 0 Å². The number of hydrogen-bond donors (Lipinski definition) is 4. The zero-order valence-corrected chi connectivity index (χ0v) is 10.5. The van der Waals surface area contributed by atoms with Crippen molar-refractivity contribution in [2.24, 2.45) is 0 Å². The van der Waals surface area contributed by atoms with E-state index in [0.29, 0.717) is 12.1 Å². The minimum atomic E-state index is 0.479. The van der Waals surface area contributed by atoms with Gasteiger partial charge in [0.05, 0.1) is 0 Å². The van der Waals surface area contributed by atoms with Gasteiger partial charge in [-0.05, 0) is 20.0 Å². The summed E-state index contributed by atoms with van der Waals surface area (Å²) in [4.78, 5) is 0. The van der Waals surface area contributed by atoms with Crippen LogP contribution < -0.4 is 16.0 Å². The zero-order chi connectivity index (χ0) is 10.8. The molecule has 0 aliphatic heterocycles. The largest absolute Gasteiger partial charge is 0.315 e. The van der Waals surface area contributed by atoms with E-state index in [9.17, 15) is 0 Å². The third kappa shape index (κ3) is 7.62. The van der Waals surface area contributed by atoms with Crippen molar-refractivity contribution in [2.45, 2.75) is 32.9 Å². The molecule has 0 aromatic carbocycles. The smallest absolute Gasteiger partial charge is 0.0280 e. The predicted molar refractivity (Wildman–Crippen MR) is 67.3 cm³/mol. The highest BCUT2D eigenvalue weighted by Crippen LogP contribution is 1.87. The van der Waals surface area contributed by atoms with E-state index in [-0.39, 0.29) is 0 Å². The van der Waals surface area contributed by atoms with Gasteiger partial charge in [0.2, 0.25) is 0 Å². The molecule has 0 aliphatic rings. The first-order valence-corrected chi connectivity index (χ1v) is 6.16. The molecule has 0 rings (SSSR count). The van der Waals surface area contributed by atoms with Crippen LogP contribution in [0.3, 0.4) is 0 Å². The average Bonchev–Trinajstić information content (AvgIpc) is 2.21. The summed E-state index contributed by atoms with van der Waals surface area (Å²) in [6.45, 7) is 10.5. The highest BCUT2D eigenvalue weighted by molar-refractivity contribution is 7.80. The molecule has 4 heteroatoms. The molecule has 0 radical (unpaired) electrons. The number of hydrogen-bond acceptors (Lipinski definition) is 4. The van der Waals surface area contributed by atoms with Crippen LogP contribution >= 0.6 is 12.6 Å². The third-order valence-electron chi connectivity index (χ3n) is 2.13. The van der Waals surface area contributed by atoms with E-state index in [1.807, 2.05) is 0 Å². The maximum absolute atomic E-state index is 4.30. The topological polar surface area (TPSA) is 36.1 Å². The molecule has 2 unspecified atom stereocenters. The highest BCUT2D eigenvalue weighted by atomic mass is 32.1. The van der Waals surface area contributed by atoms with Gasteiger partial charge < -0.3 is 16.0 Å². The van der Waals surface area contributed by atoms with Crippen molar-refractivity contribution in [3.05, 3.63) is 0 Å². The first-order valence-electron chi connectivity index (χ1n) is 5.52. The first-order chi connectivity index (χ1) is 6.74. The van der Waals surface area contributed by atoms with Gasteiger partial charge in [-0.15, -0.1) is 0 Å². The second-order valence-corrected chi connectivity index (χ2v) is 3.92. The molecular weight excluding hydrogens is 194 g/mol. The van der Waals surface area contributed by atoms with Crippen LogP contribution in [0.25, 0.3) is 0 Å². The Bertz CT molecular complexity index is 122. The summed E-state index contributed by atoms with van der Waals surface area (Å²) in [7, 11) is 0. The van der Waals surface area contributed by atoms with Crippen molar-refractivity contribution in [1.82, 2.24) is 16.0 Å². The van der Waals surface area contributed by atoms with E-state index in [2.05, 4.69) is 49.4 Å². The first kappa shape index (κ1) is 14.2.